The lowest BCUT2D eigenvalue weighted by Gasteiger charge is -2.06. The third kappa shape index (κ3) is 2.97. The molecule has 0 saturated carbocycles. The van der Waals surface area contributed by atoms with E-state index in [4.69, 9.17) is 4.42 Å². The summed E-state index contributed by atoms with van der Waals surface area (Å²) in [5.41, 5.74) is 2.51. The van der Waals surface area contributed by atoms with Crippen molar-refractivity contribution in [2.45, 2.75) is 13.3 Å². The first kappa shape index (κ1) is 11.5. The molecule has 1 N–H and O–H groups in total. The summed E-state index contributed by atoms with van der Waals surface area (Å²) in [5.74, 6) is 0.193. The van der Waals surface area contributed by atoms with Gasteiger partial charge in [-0.15, -0.1) is 0 Å². The molecule has 0 aliphatic heterocycles. The van der Waals surface area contributed by atoms with Crippen LogP contribution in [0.5, 0.6) is 0 Å². The van der Waals surface area contributed by atoms with Gasteiger partial charge in [0, 0.05) is 6.54 Å². The van der Waals surface area contributed by atoms with E-state index in [1.165, 1.54) is 17.4 Å². The van der Waals surface area contributed by atoms with Crippen LogP contribution in [0.3, 0.4) is 0 Å². The Labute approximate surface area is 100 Å². The van der Waals surface area contributed by atoms with Crippen LogP contribution in [0.25, 0.3) is 0 Å². The van der Waals surface area contributed by atoms with Crippen molar-refractivity contribution in [3.05, 3.63) is 59.5 Å². The van der Waals surface area contributed by atoms with Crippen LogP contribution < -0.4 is 5.32 Å². The summed E-state index contributed by atoms with van der Waals surface area (Å²) in [6.07, 6.45) is 2.33. The molecule has 0 saturated heterocycles. The van der Waals surface area contributed by atoms with E-state index in [0.29, 0.717) is 12.3 Å². The molecule has 0 aliphatic rings. The molecule has 1 aromatic carbocycles. The van der Waals surface area contributed by atoms with Gasteiger partial charge >= 0.3 is 0 Å². The fraction of sp³-hybridized carbons (Fsp3) is 0.214. The number of hydrogen-bond donors (Lipinski definition) is 1. The molecule has 3 heteroatoms. The van der Waals surface area contributed by atoms with Crippen LogP contribution in [0, 0.1) is 6.92 Å². The van der Waals surface area contributed by atoms with Gasteiger partial charge in [0.05, 0.1) is 6.26 Å². The molecule has 2 aromatic rings. The van der Waals surface area contributed by atoms with Crippen LogP contribution in [0.15, 0.2) is 47.1 Å². The van der Waals surface area contributed by atoms with Crippen molar-refractivity contribution >= 4 is 5.91 Å². The number of aryl methyl sites for hydroxylation is 1. The minimum absolute atomic E-state index is 0.163. The second-order valence-corrected chi connectivity index (χ2v) is 3.91. The number of carbonyl (C=O) groups is 1. The molecule has 0 bridgehead atoms. The first-order chi connectivity index (χ1) is 8.27. The smallest absolute Gasteiger partial charge is 0.286 e. The van der Waals surface area contributed by atoms with Gasteiger partial charge < -0.3 is 9.73 Å². The zero-order valence-corrected chi connectivity index (χ0v) is 9.77. The maximum absolute atomic E-state index is 11.6. The molecular formula is C14H15NO2. The molecule has 0 unspecified atom stereocenters. The predicted octanol–water partition coefficient (Wildman–Crippen LogP) is 2.56. The third-order valence-electron chi connectivity index (χ3n) is 2.69. The summed E-state index contributed by atoms with van der Waals surface area (Å²) in [4.78, 5) is 11.6. The Kier molecular flexibility index (Phi) is 3.60. The molecular weight excluding hydrogens is 214 g/mol. The van der Waals surface area contributed by atoms with Gasteiger partial charge in [-0.2, -0.15) is 0 Å². The highest BCUT2D eigenvalue weighted by Gasteiger charge is 2.07. The zero-order chi connectivity index (χ0) is 12.1. The van der Waals surface area contributed by atoms with Gasteiger partial charge in [0.25, 0.3) is 5.91 Å². The van der Waals surface area contributed by atoms with Gasteiger partial charge in [0.2, 0.25) is 0 Å². The van der Waals surface area contributed by atoms with Crippen LogP contribution >= 0.6 is 0 Å². The van der Waals surface area contributed by atoms with E-state index in [0.717, 1.165) is 6.42 Å². The standard InChI is InChI=1S/C14H15NO2/c1-11-5-2-3-6-12(11)8-9-15-14(16)13-7-4-10-17-13/h2-7,10H,8-9H2,1H3,(H,15,16). The van der Waals surface area contributed by atoms with Crippen molar-refractivity contribution in [1.82, 2.24) is 5.32 Å². The number of nitrogens with one attached hydrogen (secondary N) is 1. The summed E-state index contributed by atoms with van der Waals surface area (Å²) in [6, 6.07) is 11.5. The van der Waals surface area contributed by atoms with Crippen molar-refractivity contribution in [3.8, 4) is 0 Å². The van der Waals surface area contributed by atoms with Gasteiger partial charge in [-0.25, -0.2) is 0 Å². The minimum atomic E-state index is -0.163. The summed E-state index contributed by atoms with van der Waals surface area (Å²) in [6.45, 7) is 2.69. The Bertz CT molecular complexity index is 489. The van der Waals surface area contributed by atoms with E-state index in [-0.39, 0.29) is 5.91 Å². The Balaban J connectivity index is 1.84. The van der Waals surface area contributed by atoms with E-state index in [2.05, 4.69) is 24.4 Å². The van der Waals surface area contributed by atoms with Gasteiger partial charge in [-0.05, 0) is 36.6 Å². The SMILES string of the molecule is Cc1ccccc1CCNC(=O)c1ccco1. The van der Waals surface area contributed by atoms with Crippen LogP contribution in [0.4, 0.5) is 0 Å². The van der Waals surface area contributed by atoms with Crippen molar-refractivity contribution in [2.75, 3.05) is 6.54 Å². The molecule has 1 amide bonds. The van der Waals surface area contributed by atoms with E-state index in [1.54, 1.807) is 12.1 Å². The first-order valence-electron chi connectivity index (χ1n) is 5.63. The number of rotatable bonds is 4. The van der Waals surface area contributed by atoms with Crippen molar-refractivity contribution in [3.63, 3.8) is 0 Å². The molecule has 0 fully saturated rings. The van der Waals surface area contributed by atoms with Crippen LogP contribution in [0.2, 0.25) is 0 Å². The van der Waals surface area contributed by atoms with Crippen LogP contribution in [-0.4, -0.2) is 12.5 Å². The highest BCUT2D eigenvalue weighted by Crippen LogP contribution is 2.07. The Morgan fingerprint density at radius 2 is 2.06 bits per heavy atom. The summed E-state index contributed by atoms with van der Waals surface area (Å²) in [7, 11) is 0. The lowest BCUT2D eigenvalue weighted by atomic mass is 10.1. The Hall–Kier alpha value is -2.03. The van der Waals surface area contributed by atoms with Gasteiger partial charge in [0.1, 0.15) is 0 Å². The summed E-state index contributed by atoms with van der Waals surface area (Å²) in [5, 5.41) is 2.83. The predicted molar refractivity (Wildman–Crippen MR) is 65.9 cm³/mol. The monoisotopic (exact) mass is 229 g/mol. The molecule has 88 valence electrons. The van der Waals surface area contributed by atoms with E-state index in [1.807, 2.05) is 12.1 Å². The maximum Gasteiger partial charge on any atom is 0.286 e. The van der Waals surface area contributed by atoms with E-state index in [9.17, 15) is 4.79 Å². The molecule has 0 radical (unpaired) electrons. The second-order valence-electron chi connectivity index (χ2n) is 3.91. The van der Waals surface area contributed by atoms with Crippen molar-refractivity contribution < 1.29 is 9.21 Å². The fourth-order valence-corrected chi connectivity index (χ4v) is 1.70. The molecule has 1 aromatic heterocycles. The molecule has 0 spiro atoms. The molecule has 1 heterocycles. The lowest BCUT2D eigenvalue weighted by Crippen LogP contribution is -2.25. The average molecular weight is 229 g/mol. The number of benzene rings is 1. The quantitative estimate of drug-likeness (QED) is 0.875. The van der Waals surface area contributed by atoms with Crippen LogP contribution in [-0.2, 0) is 6.42 Å². The van der Waals surface area contributed by atoms with Crippen LogP contribution in [0.1, 0.15) is 21.7 Å². The third-order valence-corrected chi connectivity index (χ3v) is 2.69. The average Bonchev–Trinajstić information content (AvgIpc) is 2.85. The van der Waals surface area contributed by atoms with Crippen molar-refractivity contribution in [1.29, 1.82) is 0 Å². The zero-order valence-electron chi connectivity index (χ0n) is 9.77. The highest BCUT2D eigenvalue weighted by molar-refractivity contribution is 5.91. The molecule has 3 nitrogen and oxygen atoms in total. The Morgan fingerprint density at radius 3 is 2.76 bits per heavy atom. The van der Waals surface area contributed by atoms with Crippen molar-refractivity contribution in [2.24, 2.45) is 0 Å². The molecule has 17 heavy (non-hydrogen) atoms. The normalized spacial score (nSPS) is 10.2. The van der Waals surface area contributed by atoms with E-state index < -0.39 is 0 Å². The number of furan rings is 1. The molecule has 0 aliphatic carbocycles. The number of carbonyl (C=O) groups excluding carboxylic acids is 1. The highest BCUT2D eigenvalue weighted by atomic mass is 16.3. The Morgan fingerprint density at radius 1 is 1.24 bits per heavy atom. The summed E-state index contributed by atoms with van der Waals surface area (Å²) < 4.78 is 5.01. The number of hydrogen-bond acceptors (Lipinski definition) is 2. The molecule has 0 atom stereocenters. The largest absolute Gasteiger partial charge is 0.459 e. The fourth-order valence-electron chi connectivity index (χ4n) is 1.70. The first-order valence-corrected chi connectivity index (χ1v) is 5.63. The minimum Gasteiger partial charge on any atom is -0.459 e. The summed E-state index contributed by atoms with van der Waals surface area (Å²) >= 11 is 0. The topological polar surface area (TPSA) is 42.2 Å². The molecule has 2 rings (SSSR count). The number of amides is 1. The second kappa shape index (κ2) is 5.34. The maximum atomic E-state index is 11.6. The lowest BCUT2D eigenvalue weighted by molar-refractivity contribution is 0.0926. The van der Waals surface area contributed by atoms with E-state index >= 15 is 0 Å². The van der Waals surface area contributed by atoms with Gasteiger partial charge in [-0.3, -0.25) is 4.79 Å². The van der Waals surface area contributed by atoms with Gasteiger partial charge in [0.15, 0.2) is 5.76 Å². The van der Waals surface area contributed by atoms with Gasteiger partial charge in [-0.1, -0.05) is 24.3 Å².